The maximum atomic E-state index is 4.68. The molecule has 0 aliphatic heterocycles. The number of fused-ring (bicyclic) bond motifs is 1. The Kier molecular flexibility index (Phi) is 4.65. The van der Waals surface area contributed by atoms with Crippen LogP contribution in [-0.4, -0.2) is 15.4 Å². The fourth-order valence-corrected chi connectivity index (χ4v) is 4.54. The number of nitrogens with one attached hydrogen (secondary N) is 1. The second-order valence-corrected chi connectivity index (χ2v) is 7.40. The van der Waals surface area contributed by atoms with Crippen LogP contribution in [0.5, 0.6) is 0 Å². The lowest BCUT2D eigenvalue weighted by Gasteiger charge is -2.23. The number of hydrogen-bond acceptors (Lipinski definition) is 3. The quantitative estimate of drug-likeness (QED) is 0.845. The van der Waals surface area contributed by atoms with Crippen LogP contribution in [0, 0.1) is 19.8 Å². The minimum atomic E-state index is 0.604. The van der Waals surface area contributed by atoms with Gasteiger partial charge in [0.05, 0.1) is 11.4 Å². The van der Waals surface area contributed by atoms with Crippen molar-refractivity contribution in [3.05, 3.63) is 22.5 Å². The van der Waals surface area contributed by atoms with Crippen molar-refractivity contribution in [1.29, 1.82) is 0 Å². The molecule has 2 aromatic rings. The summed E-state index contributed by atoms with van der Waals surface area (Å²) in [5.41, 5.74) is 3.81. The number of aromatic nitrogens is 2. The van der Waals surface area contributed by atoms with Crippen LogP contribution in [0.25, 0.3) is 4.96 Å². The van der Waals surface area contributed by atoms with Crippen LogP contribution < -0.4 is 5.32 Å². The van der Waals surface area contributed by atoms with E-state index in [1.165, 1.54) is 55.6 Å². The summed E-state index contributed by atoms with van der Waals surface area (Å²) in [7, 11) is 0. The third kappa shape index (κ3) is 3.16. The highest BCUT2D eigenvalue weighted by Gasteiger charge is 2.20. The summed E-state index contributed by atoms with van der Waals surface area (Å²) in [6.45, 7) is 7.60. The van der Waals surface area contributed by atoms with Gasteiger partial charge in [-0.3, -0.25) is 4.40 Å². The monoisotopic (exact) mass is 305 g/mol. The molecule has 0 amide bonds. The molecule has 0 radical (unpaired) electrons. The van der Waals surface area contributed by atoms with E-state index in [1.807, 2.05) is 0 Å². The average Bonchev–Trinajstić information content (AvgIpc) is 2.84. The van der Waals surface area contributed by atoms with E-state index >= 15 is 0 Å². The van der Waals surface area contributed by atoms with Gasteiger partial charge in [0.1, 0.15) is 0 Å². The molecule has 1 aliphatic rings. The summed E-state index contributed by atoms with van der Waals surface area (Å²) in [6, 6.07) is 0.604. The predicted molar refractivity (Wildman–Crippen MR) is 90.0 cm³/mol. The molecule has 1 N–H and O–H groups in total. The van der Waals surface area contributed by atoms with E-state index in [0.717, 1.165) is 17.4 Å². The summed E-state index contributed by atoms with van der Waals surface area (Å²) < 4.78 is 2.31. The van der Waals surface area contributed by atoms with Crippen molar-refractivity contribution >= 4 is 16.3 Å². The third-order valence-corrected chi connectivity index (χ3v) is 5.97. The summed E-state index contributed by atoms with van der Waals surface area (Å²) >= 11 is 1.74. The van der Waals surface area contributed by atoms with Gasteiger partial charge in [-0.25, -0.2) is 4.98 Å². The molecule has 0 bridgehead atoms. The lowest BCUT2D eigenvalue weighted by atomic mass is 9.93. The van der Waals surface area contributed by atoms with E-state index in [2.05, 4.69) is 40.9 Å². The van der Waals surface area contributed by atoms with Crippen molar-refractivity contribution in [2.75, 3.05) is 0 Å². The minimum absolute atomic E-state index is 0.604. The molecule has 116 valence electrons. The fourth-order valence-electron chi connectivity index (χ4n) is 3.61. The standard InChI is InChI=1S/C17H27N3S/c1-12-11-21-17-19-14(3)16(20(12)17)10-18-13(2)15-8-6-4-5-7-9-15/h11,13,15,18H,4-10H2,1-3H3/t13-/m1/s1. The molecule has 2 heterocycles. The molecule has 1 atom stereocenters. The minimum Gasteiger partial charge on any atom is -0.308 e. The molecule has 1 fully saturated rings. The first-order chi connectivity index (χ1) is 10.2. The predicted octanol–water partition coefficient (Wildman–Crippen LogP) is 4.46. The van der Waals surface area contributed by atoms with Gasteiger partial charge in [0.25, 0.3) is 0 Å². The highest BCUT2D eigenvalue weighted by Crippen LogP contribution is 2.26. The Morgan fingerprint density at radius 3 is 2.71 bits per heavy atom. The molecular weight excluding hydrogens is 278 g/mol. The highest BCUT2D eigenvalue weighted by molar-refractivity contribution is 7.15. The van der Waals surface area contributed by atoms with Crippen molar-refractivity contribution < 1.29 is 0 Å². The van der Waals surface area contributed by atoms with Crippen LogP contribution in [0.15, 0.2) is 5.38 Å². The van der Waals surface area contributed by atoms with Gasteiger partial charge in [0.15, 0.2) is 4.96 Å². The van der Waals surface area contributed by atoms with Crippen LogP contribution in [0.2, 0.25) is 0 Å². The molecule has 3 rings (SSSR count). The zero-order valence-electron chi connectivity index (χ0n) is 13.5. The van der Waals surface area contributed by atoms with Gasteiger partial charge < -0.3 is 5.32 Å². The Balaban J connectivity index is 1.68. The lowest BCUT2D eigenvalue weighted by Crippen LogP contribution is -2.33. The van der Waals surface area contributed by atoms with E-state index in [0.29, 0.717) is 6.04 Å². The summed E-state index contributed by atoms with van der Waals surface area (Å²) in [4.78, 5) is 5.81. The summed E-state index contributed by atoms with van der Waals surface area (Å²) in [5, 5.41) is 5.97. The molecular formula is C17H27N3S. The number of aryl methyl sites for hydroxylation is 2. The topological polar surface area (TPSA) is 29.3 Å². The second-order valence-electron chi connectivity index (χ2n) is 6.56. The van der Waals surface area contributed by atoms with Crippen LogP contribution in [0.3, 0.4) is 0 Å². The maximum absolute atomic E-state index is 4.68. The maximum Gasteiger partial charge on any atom is 0.194 e. The smallest absolute Gasteiger partial charge is 0.194 e. The Labute approximate surface area is 131 Å². The zero-order chi connectivity index (χ0) is 14.8. The first kappa shape index (κ1) is 15.0. The van der Waals surface area contributed by atoms with E-state index in [4.69, 9.17) is 0 Å². The van der Waals surface area contributed by atoms with Crippen LogP contribution >= 0.6 is 11.3 Å². The molecule has 0 unspecified atom stereocenters. The first-order valence-electron chi connectivity index (χ1n) is 8.32. The molecule has 2 aromatic heterocycles. The molecule has 0 aromatic carbocycles. The van der Waals surface area contributed by atoms with E-state index in [-0.39, 0.29) is 0 Å². The number of imidazole rings is 1. The molecule has 0 saturated heterocycles. The number of hydrogen-bond donors (Lipinski definition) is 1. The number of rotatable bonds is 4. The molecule has 0 spiro atoms. The largest absolute Gasteiger partial charge is 0.308 e. The van der Waals surface area contributed by atoms with E-state index in [9.17, 15) is 0 Å². The van der Waals surface area contributed by atoms with Crippen LogP contribution in [0.1, 0.15) is 62.5 Å². The van der Waals surface area contributed by atoms with Crippen molar-refractivity contribution in [3.63, 3.8) is 0 Å². The Morgan fingerprint density at radius 1 is 1.29 bits per heavy atom. The van der Waals surface area contributed by atoms with Crippen molar-refractivity contribution in [2.45, 2.75) is 71.9 Å². The molecule has 3 nitrogen and oxygen atoms in total. The zero-order valence-corrected chi connectivity index (χ0v) is 14.3. The molecule has 1 aliphatic carbocycles. The van der Waals surface area contributed by atoms with Gasteiger partial charge in [0, 0.05) is 23.7 Å². The second kappa shape index (κ2) is 6.49. The molecule has 21 heavy (non-hydrogen) atoms. The Morgan fingerprint density at radius 2 is 2.00 bits per heavy atom. The van der Waals surface area contributed by atoms with Gasteiger partial charge in [-0.15, -0.1) is 11.3 Å². The lowest BCUT2D eigenvalue weighted by molar-refractivity contribution is 0.335. The molecule has 1 saturated carbocycles. The molecule has 4 heteroatoms. The van der Waals surface area contributed by atoms with E-state index < -0.39 is 0 Å². The van der Waals surface area contributed by atoms with Crippen molar-refractivity contribution in [1.82, 2.24) is 14.7 Å². The number of nitrogens with zero attached hydrogens (tertiary/aromatic N) is 2. The highest BCUT2D eigenvalue weighted by atomic mass is 32.1. The van der Waals surface area contributed by atoms with Gasteiger partial charge in [-0.1, -0.05) is 25.7 Å². The normalized spacial score (nSPS) is 19.0. The Hall–Kier alpha value is -0.870. The first-order valence-corrected chi connectivity index (χ1v) is 9.20. The van der Waals surface area contributed by atoms with Crippen molar-refractivity contribution in [2.24, 2.45) is 5.92 Å². The van der Waals surface area contributed by atoms with Gasteiger partial charge >= 0.3 is 0 Å². The fraction of sp³-hybridized carbons (Fsp3) is 0.706. The van der Waals surface area contributed by atoms with Crippen LogP contribution in [0.4, 0.5) is 0 Å². The number of thiazole rings is 1. The SMILES string of the molecule is Cc1nc2scc(C)n2c1CN[C@H](C)C1CCCCCC1. The summed E-state index contributed by atoms with van der Waals surface area (Å²) in [6.07, 6.45) is 8.48. The van der Waals surface area contributed by atoms with Gasteiger partial charge in [0.2, 0.25) is 0 Å². The summed E-state index contributed by atoms with van der Waals surface area (Å²) in [5.74, 6) is 0.847. The Bertz CT molecular complexity index is 590. The van der Waals surface area contributed by atoms with Gasteiger partial charge in [-0.05, 0) is 39.5 Å². The van der Waals surface area contributed by atoms with E-state index in [1.54, 1.807) is 11.3 Å². The van der Waals surface area contributed by atoms with Crippen LogP contribution in [-0.2, 0) is 6.54 Å². The third-order valence-electron chi connectivity index (χ3n) is 5.03. The average molecular weight is 305 g/mol. The van der Waals surface area contributed by atoms with Crippen molar-refractivity contribution in [3.8, 4) is 0 Å². The van der Waals surface area contributed by atoms with Gasteiger partial charge in [-0.2, -0.15) is 0 Å².